The predicted octanol–water partition coefficient (Wildman–Crippen LogP) is 2.36. The molecule has 2 atom stereocenters. The third-order valence-electron chi connectivity index (χ3n) is 7.87. The molecule has 31 heavy (non-hydrogen) atoms. The molecule has 0 aromatic heterocycles. The first-order valence-electron chi connectivity index (χ1n) is 11.9. The molecule has 0 aromatic carbocycles. The van der Waals surface area contributed by atoms with E-state index in [1.807, 2.05) is 13.8 Å². The summed E-state index contributed by atoms with van der Waals surface area (Å²) in [6.07, 6.45) is 8.74. The van der Waals surface area contributed by atoms with Crippen molar-refractivity contribution in [3.63, 3.8) is 0 Å². The molecule has 0 spiro atoms. The Bertz CT molecular complexity index is 716. The van der Waals surface area contributed by atoms with Gasteiger partial charge in [0.2, 0.25) is 5.91 Å². The number of esters is 1. The third-order valence-corrected chi connectivity index (χ3v) is 7.87. The molecular formula is C23H35N3O5. The molecule has 4 amide bonds. The summed E-state index contributed by atoms with van der Waals surface area (Å²) in [5.74, 6) is 0.887. The Morgan fingerprint density at radius 2 is 1.68 bits per heavy atom. The van der Waals surface area contributed by atoms with Gasteiger partial charge in [0, 0.05) is 12.6 Å². The van der Waals surface area contributed by atoms with Crippen LogP contribution < -0.4 is 10.6 Å². The van der Waals surface area contributed by atoms with Crippen LogP contribution in [0, 0.1) is 23.2 Å². The second kappa shape index (κ2) is 8.79. The quantitative estimate of drug-likeness (QED) is 0.626. The molecule has 5 rings (SSSR count). The van der Waals surface area contributed by atoms with Gasteiger partial charge in [-0.2, -0.15) is 0 Å². The van der Waals surface area contributed by atoms with Crippen molar-refractivity contribution in [1.82, 2.24) is 15.5 Å². The van der Waals surface area contributed by atoms with Gasteiger partial charge in [0.1, 0.15) is 6.04 Å². The fourth-order valence-corrected chi connectivity index (χ4v) is 6.69. The third kappa shape index (κ3) is 4.58. The molecule has 1 aliphatic heterocycles. The zero-order valence-electron chi connectivity index (χ0n) is 18.7. The highest BCUT2D eigenvalue weighted by Gasteiger charge is 2.57. The molecular weight excluding hydrogens is 398 g/mol. The zero-order chi connectivity index (χ0) is 22.2. The van der Waals surface area contributed by atoms with Crippen LogP contribution in [-0.4, -0.2) is 54.0 Å². The maximum absolute atomic E-state index is 13.6. The SMILES string of the molecule is CC[C@H](C)NC(=O)NC(=O)COC(=O)[C@@H]1CCCN1C(=O)C12CC3CC(CC(C3)C1)C2. The van der Waals surface area contributed by atoms with Crippen LogP contribution in [0.2, 0.25) is 0 Å². The summed E-state index contributed by atoms with van der Waals surface area (Å²) < 4.78 is 5.19. The first-order chi connectivity index (χ1) is 14.8. The smallest absolute Gasteiger partial charge is 0.329 e. The second-order valence-corrected chi connectivity index (χ2v) is 10.3. The monoisotopic (exact) mass is 433 g/mol. The van der Waals surface area contributed by atoms with Gasteiger partial charge in [-0.25, -0.2) is 9.59 Å². The summed E-state index contributed by atoms with van der Waals surface area (Å²) in [6, 6.07) is -1.28. The van der Waals surface area contributed by atoms with E-state index in [1.165, 1.54) is 19.3 Å². The van der Waals surface area contributed by atoms with Gasteiger partial charge in [0.25, 0.3) is 5.91 Å². The van der Waals surface area contributed by atoms with Crippen LogP contribution in [0.3, 0.4) is 0 Å². The normalized spacial score (nSPS) is 34.3. The van der Waals surface area contributed by atoms with Crippen molar-refractivity contribution in [2.75, 3.05) is 13.2 Å². The van der Waals surface area contributed by atoms with Gasteiger partial charge in [-0.1, -0.05) is 6.92 Å². The maximum Gasteiger partial charge on any atom is 0.329 e. The van der Waals surface area contributed by atoms with E-state index in [0.29, 0.717) is 30.7 Å². The van der Waals surface area contributed by atoms with Gasteiger partial charge >= 0.3 is 12.0 Å². The average molecular weight is 434 g/mol. The van der Waals surface area contributed by atoms with Gasteiger partial charge in [0.15, 0.2) is 6.61 Å². The predicted molar refractivity (Wildman–Crippen MR) is 113 cm³/mol. The van der Waals surface area contributed by atoms with Crippen molar-refractivity contribution in [3.8, 4) is 0 Å². The number of nitrogens with zero attached hydrogens (tertiary/aromatic N) is 1. The van der Waals surface area contributed by atoms with E-state index in [0.717, 1.165) is 32.1 Å². The van der Waals surface area contributed by atoms with E-state index in [2.05, 4.69) is 10.6 Å². The minimum absolute atomic E-state index is 0.0574. The fourth-order valence-electron chi connectivity index (χ4n) is 6.69. The van der Waals surface area contributed by atoms with Crippen molar-refractivity contribution >= 4 is 23.8 Å². The Balaban J connectivity index is 1.31. The Hall–Kier alpha value is -2.12. The first-order valence-corrected chi connectivity index (χ1v) is 11.9. The van der Waals surface area contributed by atoms with E-state index < -0.39 is 30.6 Å². The van der Waals surface area contributed by atoms with Crippen LogP contribution >= 0.6 is 0 Å². The van der Waals surface area contributed by atoms with Crippen molar-refractivity contribution < 1.29 is 23.9 Å². The molecule has 2 N–H and O–H groups in total. The lowest BCUT2D eigenvalue weighted by atomic mass is 9.49. The van der Waals surface area contributed by atoms with Crippen LogP contribution in [0.15, 0.2) is 0 Å². The lowest BCUT2D eigenvalue weighted by Gasteiger charge is -2.56. The topological polar surface area (TPSA) is 105 Å². The minimum atomic E-state index is -0.675. The Morgan fingerprint density at radius 3 is 2.26 bits per heavy atom. The molecule has 0 unspecified atom stereocenters. The largest absolute Gasteiger partial charge is 0.454 e. The molecule has 172 valence electrons. The van der Waals surface area contributed by atoms with Gasteiger partial charge < -0.3 is 15.0 Å². The van der Waals surface area contributed by atoms with E-state index in [4.69, 9.17) is 4.74 Å². The number of likely N-dealkylation sites (tertiary alicyclic amines) is 1. The Morgan fingerprint density at radius 1 is 1.06 bits per heavy atom. The minimum Gasteiger partial charge on any atom is -0.454 e. The van der Waals surface area contributed by atoms with Crippen molar-refractivity contribution in [2.45, 2.75) is 83.7 Å². The van der Waals surface area contributed by atoms with E-state index in [-0.39, 0.29) is 17.4 Å². The highest BCUT2D eigenvalue weighted by Crippen LogP contribution is 2.60. The molecule has 8 nitrogen and oxygen atoms in total. The summed E-state index contributed by atoms with van der Waals surface area (Å²) in [6.45, 7) is 3.80. The molecule has 1 heterocycles. The van der Waals surface area contributed by atoms with E-state index in [1.54, 1.807) is 4.90 Å². The molecule has 8 heteroatoms. The molecule has 4 aliphatic carbocycles. The number of amides is 4. The van der Waals surface area contributed by atoms with Gasteiger partial charge in [-0.15, -0.1) is 0 Å². The Kier molecular flexibility index (Phi) is 6.26. The zero-order valence-corrected chi connectivity index (χ0v) is 18.7. The number of nitrogens with one attached hydrogen (secondary N) is 2. The molecule has 1 saturated heterocycles. The van der Waals surface area contributed by atoms with E-state index >= 15 is 0 Å². The summed E-state index contributed by atoms with van der Waals surface area (Å²) in [5.41, 5.74) is -0.289. The molecule has 4 saturated carbocycles. The summed E-state index contributed by atoms with van der Waals surface area (Å²) in [5, 5.41) is 4.79. The number of urea groups is 1. The first kappa shape index (κ1) is 22.1. The highest BCUT2D eigenvalue weighted by atomic mass is 16.5. The number of ether oxygens (including phenoxy) is 1. The highest BCUT2D eigenvalue weighted by molar-refractivity contribution is 5.96. The van der Waals surface area contributed by atoms with Gasteiger partial charge in [-0.05, 0) is 82.5 Å². The van der Waals surface area contributed by atoms with Gasteiger partial charge in [-0.3, -0.25) is 14.9 Å². The van der Waals surface area contributed by atoms with Crippen LogP contribution in [0.25, 0.3) is 0 Å². The number of rotatable bonds is 6. The summed E-state index contributed by atoms with van der Waals surface area (Å²) in [4.78, 5) is 51.7. The lowest BCUT2D eigenvalue weighted by molar-refractivity contribution is -0.166. The number of carbonyl (C=O) groups is 4. The molecule has 0 aromatic rings. The average Bonchev–Trinajstić information content (AvgIpc) is 3.20. The van der Waals surface area contributed by atoms with Crippen LogP contribution in [0.5, 0.6) is 0 Å². The molecule has 5 aliphatic rings. The van der Waals surface area contributed by atoms with Crippen LogP contribution in [0.4, 0.5) is 4.79 Å². The van der Waals surface area contributed by atoms with E-state index in [9.17, 15) is 19.2 Å². The van der Waals surface area contributed by atoms with Crippen molar-refractivity contribution in [2.24, 2.45) is 23.2 Å². The molecule has 0 radical (unpaired) electrons. The Labute approximate surface area is 183 Å². The standard InChI is InChI=1S/C23H35N3O5/c1-3-14(2)24-22(30)25-19(27)13-31-20(28)18-5-4-6-26(18)21(29)23-10-15-7-16(11-23)9-17(8-15)12-23/h14-18H,3-13H2,1-2H3,(H2,24,25,27,30)/t14-,15?,16?,17?,18-,23?/m0/s1. The van der Waals surface area contributed by atoms with Crippen molar-refractivity contribution in [1.29, 1.82) is 0 Å². The number of hydrogen-bond acceptors (Lipinski definition) is 5. The second-order valence-electron chi connectivity index (χ2n) is 10.3. The summed E-state index contributed by atoms with van der Waals surface area (Å²) in [7, 11) is 0. The fraction of sp³-hybridized carbons (Fsp3) is 0.826. The van der Waals surface area contributed by atoms with Crippen LogP contribution in [-0.2, 0) is 19.1 Å². The molecule has 4 bridgehead atoms. The molecule has 5 fully saturated rings. The number of imide groups is 1. The lowest BCUT2D eigenvalue weighted by Crippen LogP contribution is -2.56. The van der Waals surface area contributed by atoms with Crippen LogP contribution in [0.1, 0.15) is 71.6 Å². The summed E-state index contributed by atoms with van der Waals surface area (Å²) >= 11 is 0. The van der Waals surface area contributed by atoms with Crippen molar-refractivity contribution in [3.05, 3.63) is 0 Å². The number of carbonyl (C=O) groups excluding carboxylic acids is 4. The van der Waals surface area contributed by atoms with Gasteiger partial charge in [0.05, 0.1) is 5.41 Å². The maximum atomic E-state index is 13.6. The number of hydrogen-bond donors (Lipinski definition) is 2.